The van der Waals surface area contributed by atoms with E-state index in [0.717, 1.165) is 0 Å². The number of aliphatic hydroxyl groups excluding tert-OH is 4. The van der Waals surface area contributed by atoms with Gasteiger partial charge in [-0.1, -0.05) is 0 Å². The highest BCUT2D eigenvalue weighted by Crippen LogP contribution is 2.18. The molecule has 7 heteroatoms. The van der Waals surface area contributed by atoms with Crippen molar-refractivity contribution in [2.45, 2.75) is 12.2 Å². The molecule has 0 aliphatic carbocycles. The van der Waals surface area contributed by atoms with Crippen LogP contribution in [-0.2, 0) is 0 Å². The number of carbonyl (C=O) groups excluding carboxylic acids is 1. The number of ether oxygens (including phenoxy) is 2. The van der Waals surface area contributed by atoms with Crippen LogP contribution in [0.4, 0.5) is 0 Å². The van der Waals surface area contributed by atoms with Gasteiger partial charge in [0.2, 0.25) is 0 Å². The second-order valence-electron chi connectivity index (χ2n) is 5.67. The van der Waals surface area contributed by atoms with E-state index in [1.165, 1.54) is 0 Å². The third-order valence-electron chi connectivity index (χ3n) is 3.54. The Morgan fingerprint density at radius 2 is 1.08 bits per heavy atom. The Bertz CT molecular complexity index is 623. The zero-order valence-electron chi connectivity index (χ0n) is 14.1. The predicted octanol–water partition coefficient (Wildman–Crippen LogP) is 0.382. The van der Waals surface area contributed by atoms with E-state index >= 15 is 0 Å². The van der Waals surface area contributed by atoms with E-state index in [1.54, 1.807) is 48.5 Å². The molecule has 0 spiro atoms. The van der Waals surface area contributed by atoms with Gasteiger partial charge in [-0.3, -0.25) is 4.79 Å². The molecule has 2 unspecified atom stereocenters. The van der Waals surface area contributed by atoms with Crippen LogP contribution in [0.15, 0.2) is 48.5 Å². The number of aliphatic hydroxyl groups is 4. The van der Waals surface area contributed by atoms with Crippen molar-refractivity contribution in [1.29, 1.82) is 0 Å². The normalized spacial score (nSPS) is 13.1. The molecular weight excluding hydrogens is 340 g/mol. The van der Waals surface area contributed by atoms with Crippen LogP contribution in [0.5, 0.6) is 11.5 Å². The smallest absolute Gasteiger partial charge is 0.193 e. The fourth-order valence-electron chi connectivity index (χ4n) is 2.06. The van der Waals surface area contributed by atoms with Crippen molar-refractivity contribution >= 4 is 5.78 Å². The molecule has 0 radical (unpaired) electrons. The molecule has 2 aromatic carbocycles. The second kappa shape index (κ2) is 9.88. The molecule has 0 fully saturated rings. The average Bonchev–Trinajstić information content (AvgIpc) is 2.70. The average molecular weight is 362 g/mol. The summed E-state index contributed by atoms with van der Waals surface area (Å²) >= 11 is 0. The van der Waals surface area contributed by atoms with Crippen LogP contribution in [-0.4, -0.2) is 64.8 Å². The molecular formula is C19H22O7. The van der Waals surface area contributed by atoms with Gasteiger partial charge in [-0.05, 0) is 48.5 Å². The highest BCUT2D eigenvalue weighted by atomic mass is 16.5. The van der Waals surface area contributed by atoms with E-state index in [0.29, 0.717) is 22.6 Å². The Kier molecular flexibility index (Phi) is 7.55. The standard InChI is InChI=1S/C19H22O7/c20-9-15(22)11-25-17-5-1-13(2-6-17)19(24)14-3-7-18(8-4-14)26-12-16(23)10-21/h1-8,15-16,20-23H,9-12H2. The van der Waals surface area contributed by atoms with Gasteiger partial charge in [-0.15, -0.1) is 0 Å². The van der Waals surface area contributed by atoms with E-state index in [2.05, 4.69) is 0 Å². The molecule has 0 saturated carbocycles. The summed E-state index contributed by atoms with van der Waals surface area (Å²) < 4.78 is 10.6. The monoisotopic (exact) mass is 362 g/mol. The molecule has 2 rings (SSSR count). The van der Waals surface area contributed by atoms with E-state index in [4.69, 9.17) is 19.7 Å². The van der Waals surface area contributed by atoms with Gasteiger partial charge in [-0.25, -0.2) is 0 Å². The first kappa shape index (κ1) is 19.9. The zero-order chi connectivity index (χ0) is 18.9. The number of ketones is 1. The summed E-state index contributed by atoms with van der Waals surface area (Å²) in [7, 11) is 0. The molecule has 2 aromatic rings. The van der Waals surface area contributed by atoms with Crippen LogP contribution in [0.1, 0.15) is 15.9 Å². The molecule has 140 valence electrons. The lowest BCUT2D eigenvalue weighted by Gasteiger charge is -2.11. The number of rotatable bonds is 10. The molecule has 0 aliphatic rings. The van der Waals surface area contributed by atoms with Gasteiger partial charge in [0.25, 0.3) is 0 Å². The number of hydrogen-bond acceptors (Lipinski definition) is 7. The fraction of sp³-hybridized carbons (Fsp3) is 0.316. The van der Waals surface area contributed by atoms with Crippen LogP contribution in [0, 0.1) is 0 Å². The lowest BCUT2D eigenvalue weighted by atomic mass is 10.0. The Hall–Kier alpha value is -2.45. The van der Waals surface area contributed by atoms with Gasteiger partial charge < -0.3 is 29.9 Å². The number of hydrogen-bond donors (Lipinski definition) is 4. The minimum atomic E-state index is -0.949. The first-order valence-electron chi connectivity index (χ1n) is 8.11. The molecule has 26 heavy (non-hydrogen) atoms. The first-order chi connectivity index (χ1) is 12.5. The van der Waals surface area contributed by atoms with E-state index in [9.17, 15) is 15.0 Å². The lowest BCUT2D eigenvalue weighted by molar-refractivity contribution is 0.0536. The highest BCUT2D eigenvalue weighted by molar-refractivity contribution is 6.09. The molecule has 0 aliphatic heterocycles. The predicted molar refractivity (Wildman–Crippen MR) is 93.5 cm³/mol. The van der Waals surface area contributed by atoms with Gasteiger partial charge in [0.05, 0.1) is 13.2 Å². The summed E-state index contributed by atoms with van der Waals surface area (Å²) in [6.07, 6.45) is -1.90. The maximum atomic E-state index is 12.5. The number of benzene rings is 2. The lowest BCUT2D eigenvalue weighted by Crippen LogP contribution is -2.21. The van der Waals surface area contributed by atoms with E-state index < -0.39 is 12.2 Å². The van der Waals surface area contributed by atoms with Gasteiger partial charge >= 0.3 is 0 Å². The van der Waals surface area contributed by atoms with Crippen molar-refractivity contribution in [3.8, 4) is 11.5 Å². The summed E-state index contributed by atoms with van der Waals surface area (Å²) in [6.45, 7) is -0.822. The summed E-state index contributed by atoms with van der Waals surface area (Å²) in [5.74, 6) is 0.800. The van der Waals surface area contributed by atoms with Crippen molar-refractivity contribution in [3.63, 3.8) is 0 Å². The van der Waals surface area contributed by atoms with Crippen LogP contribution in [0.3, 0.4) is 0 Å². The molecule has 0 aromatic heterocycles. The van der Waals surface area contributed by atoms with Crippen LogP contribution < -0.4 is 9.47 Å². The molecule has 2 atom stereocenters. The van der Waals surface area contributed by atoms with Crippen molar-refractivity contribution < 1.29 is 34.7 Å². The largest absolute Gasteiger partial charge is 0.491 e. The van der Waals surface area contributed by atoms with Crippen molar-refractivity contribution in [3.05, 3.63) is 59.7 Å². The summed E-state index contributed by atoms with van der Waals surface area (Å²) in [5, 5.41) is 36.0. The van der Waals surface area contributed by atoms with Gasteiger partial charge in [0.15, 0.2) is 5.78 Å². The molecule has 0 bridgehead atoms. The summed E-state index contributed by atoms with van der Waals surface area (Å²) in [5.41, 5.74) is 0.953. The maximum absolute atomic E-state index is 12.5. The van der Waals surface area contributed by atoms with Gasteiger partial charge in [0, 0.05) is 11.1 Å². The summed E-state index contributed by atoms with van der Waals surface area (Å²) in [6, 6.07) is 12.9. The van der Waals surface area contributed by atoms with Crippen LogP contribution in [0.25, 0.3) is 0 Å². The molecule has 7 nitrogen and oxygen atoms in total. The third kappa shape index (κ3) is 5.82. The number of carbonyl (C=O) groups is 1. The molecule has 0 saturated heterocycles. The quantitative estimate of drug-likeness (QED) is 0.452. The molecule has 0 amide bonds. The van der Waals surface area contributed by atoms with Crippen molar-refractivity contribution in [2.24, 2.45) is 0 Å². The van der Waals surface area contributed by atoms with Crippen molar-refractivity contribution in [2.75, 3.05) is 26.4 Å². The molecule has 4 N–H and O–H groups in total. The highest BCUT2D eigenvalue weighted by Gasteiger charge is 2.10. The van der Waals surface area contributed by atoms with Gasteiger partial charge in [-0.2, -0.15) is 0 Å². The van der Waals surface area contributed by atoms with E-state index in [-0.39, 0.29) is 32.2 Å². The van der Waals surface area contributed by atoms with Crippen LogP contribution >= 0.6 is 0 Å². The summed E-state index contributed by atoms with van der Waals surface area (Å²) in [4.78, 5) is 12.5. The van der Waals surface area contributed by atoms with E-state index in [1.807, 2.05) is 0 Å². The maximum Gasteiger partial charge on any atom is 0.193 e. The first-order valence-corrected chi connectivity index (χ1v) is 8.11. The minimum Gasteiger partial charge on any atom is -0.491 e. The van der Waals surface area contributed by atoms with Crippen molar-refractivity contribution in [1.82, 2.24) is 0 Å². The zero-order valence-corrected chi connectivity index (χ0v) is 14.1. The Morgan fingerprint density at radius 1 is 0.731 bits per heavy atom. The minimum absolute atomic E-state index is 0.0315. The topological polar surface area (TPSA) is 116 Å². The van der Waals surface area contributed by atoms with Gasteiger partial charge in [0.1, 0.15) is 36.9 Å². The Labute approximate surface area is 151 Å². The molecule has 0 heterocycles. The SMILES string of the molecule is O=C(c1ccc(OCC(O)CO)cc1)c1ccc(OCC(O)CO)cc1. The Morgan fingerprint density at radius 3 is 1.38 bits per heavy atom. The third-order valence-corrected chi connectivity index (χ3v) is 3.54. The fourth-order valence-corrected chi connectivity index (χ4v) is 2.06. The second-order valence-corrected chi connectivity index (χ2v) is 5.67. The van der Waals surface area contributed by atoms with Crippen LogP contribution in [0.2, 0.25) is 0 Å². The Balaban J connectivity index is 1.95.